The number of carbonyl (C=O) groups is 1. The van der Waals surface area contributed by atoms with Crippen molar-refractivity contribution in [1.82, 2.24) is 0 Å². The summed E-state index contributed by atoms with van der Waals surface area (Å²) >= 11 is 0. The fourth-order valence-electron chi connectivity index (χ4n) is 2.32. The van der Waals surface area contributed by atoms with E-state index in [0.29, 0.717) is 11.7 Å². The molecule has 1 aliphatic rings. The van der Waals surface area contributed by atoms with E-state index < -0.39 is 0 Å². The van der Waals surface area contributed by atoms with Crippen molar-refractivity contribution in [1.29, 1.82) is 0 Å². The maximum Gasteiger partial charge on any atom is 0.314 e. The van der Waals surface area contributed by atoms with Gasteiger partial charge in [-0.2, -0.15) is 0 Å². The van der Waals surface area contributed by atoms with Gasteiger partial charge in [0.1, 0.15) is 5.75 Å². The first-order chi connectivity index (χ1) is 8.29. The molecule has 0 saturated heterocycles. The Bertz CT molecular complexity index is 356. The van der Waals surface area contributed by atoms with E-state index >= 15 is 0 Å². The van der Waals surface area contributed by atoms with E-state index in [2.05, 4.69) is 0 Å². The van der Waals surface area contributed by atoms with Crippen molar-refractivity contribution in [3.63, 3.8) is 0 Å². The van der Waals surface area contributed by atoms with Crippen LogP contribution >= 0.6 is 0 Å². The average Bonchev–Trinajstić information content (AvgIpc) is 2.40. The van der Waals surface area contributed by atoms with Gasteiger partial charge in [-0.05, 0) is 50.3 Å². The predicted octanol–water partition coefficient (Wildman–Crippen LogP) is 2.36. The topological polar surface area (TPSA) is 52.3 Å². The van der Waals surface area contributed by atoms with Gasteiger partial charge in [-0.1, -0.05) is 18.2 Å². The summed E-state index contributed by atoms with van der Waals surface area (Å²) in [5, 5.41) is 0. The molecule has 0 atom stereocenters. The maximum atomic E-state index is 11.9. The summed E-state index contributed by atoms with van der Waals surface area (Å²) in [6.07, 6.45) is 3.91. The van der Waals surface area contributed by atoms with E-state index in [1.165, 1.54) is 0 Å². The monoisotopic (exact) mass is 233 g/mol. The van der Waals surface area contributed by atoms with Crippen LogP contribution in [0.25, 0.3) is 0 Å². The van der Waals surface area contributed by atoms with Crippen molar-refractivity contribution >= 4 is 5.97 Å². The van der Waals surface area contributed by atoms with Gasteiger partial charge in [0.2, 0.25) is 0 Å². The molecule has 2 N–H and O–H groups in total. The van der Waals surface area contributed by atoms with E-state index in [4.69, 9.17) is 10.5 Å². The zero-order valence-electron chi connectivity index (χ0n) is 9.97. The standard InChI is InChI=1S/C14H19NO2/c15-10-11-6-8-12(9-7-11)14(16)17-13-4-2-1-3-5-13/h1-5,11-12H,6-10,15H2. The van der Waals surface area contributed by atoms with Crippen molar-refractivity contribution in [3.05, 3.63) is 30.3 Å². The fourth-order valence-corrected chi connectivity index (χ4v) is 2.32. The summed E-state index contributed by atoms with van der Waals surface area (Å²) in [5.74, 6) is 1.19. The molecule has 0 unspecified atom stereocenters. The Labute approximate surface area is 102 Å². The number of rotatable bonds is 3. The number of ether oxygens (including phenoxy) is 1. The number of nitrogens with two attached hydrogens (primary N) is 1. The predicted molar refractivity (Wildman–Crippen MR) is 66.6 cm³/mol. The van der Waals surface area contributed by atoms with Gasteiger partial charge < -0.3 is 10.5 Å². The van der Waals surface area contributed by atoms with Gasteiger partial charge >= 0.3 is 5.97 Å². The van der Waals surface area contributed by atoms with Crippen LogP contribution in [0.5, 0.6) is 5.75 Å². The molecule has 0 spiro atoms. The minimum atomic E-state index is -0.0910. The van der Waals surface area contributed by atoms with Gasteiger partial charge in [0, 0.05) is 0 Å². The molecule has 1 fully saturated rings. The Balaban J connectivity index is 1.85. The summed E-state index contributed by atoms with van der Waals surface area (Å²) in [7, 11) is 0. The number of benzene rings is 1. The van der Waals surface area contributed by atoms with Gasteiger partial charge in [0.25, 0.3) is 0 Å². The van der Waals surface area contributed by atoms with Crippen LogP contribution in [0.4, 0.5) is 0 Å². The Hall–Kier alpha value is -1.35. The van der Waals surface area contributed by atoms with E-state index in [1.807, 2.05) is 30.3 Å². The molecular weight excluding hydrogens is 214 g/mol. The van der Waals surface area contributed by atoms with Crippen molar-refractivity contribution in [2.24, 2.45) is 17.6 Å². The van der Waals surface area contributed by atoms with Crippen molar-refractivity contribution < 1.29 is 9.53 Å². The molecule has 0 amide bonds. The summed E-state index contributed by atoms with van der Waals surface area (Å²) in [4.78, 5) is 11.9. The van der Waals surface area contributed by atoms with Crippen LogP contribution in [0.1, 0.15) is 25.7 Å². The van der Waals surface area contributed by atoms with Gasteiger partial charge in [-0.25, -0.2) is 0 Å². The molecule has 2 rings (SSSR count). The molecule has 0 aliphatic heterocycles. The fraction of sp³-hybridized carbons (Fsp3) is 0.500. The third-order valence-electron chi connectivity index (χ3n) is 3.48. The van der Waals surface area contributed by atoms with Crippen LogP contribution in [0.3, 0.4) is 0 Å². The summed E-state index contributed by atoms with van der Waals surface area (Å²) in [6.45, 7) is 0.737. The number of para-hydroxylation sites is 1. The minimum absolute atomic E-state index is 0.0537. The number of carbonyl (C=O) groups excluding carboxylic acids is 1. The largest absolute Gasteiger partial charge is 0.426 e. The quantitative estimate of drug-likeness (QED) is 0.644. The summed E-state index contributed by atoms with van der Waals surface area (Å²) in [6, 6.07) is 9.26. The molecule has 0 radical (unpaired) electrons. The molecule has 1 aliphatic carbocycles. The Morgan fingerprint density at radius 1 is 1.18 bits per heavy atom. The second-order valence-electron chi connectivity index (χ2n) is 4.69. The molecule has 0 aromatic heterocycles. The van der Waals surface area contributed by atoms with E-state index in [0.717, 1.165) is 32.2 Å². The molecule has 17 heavy (non-hydrogen) atoms. The molecule has 3 nitrogen and oxygen atoms in total. The van der Waals surface area contributed by atoms with Gasteiger partial charge in [0.15, 0.2) is 0 Å². The second-order valence-corrected chi connectivity index (χ2v) is 4.69. The SMILES string of the molecule is NCC1CCC(C(=O)Oc2ccccc2)CC1. The zero-order valence-corrected chi connectivity index (χ0v) is 9.97. The zero-order chi connectivity index (χ0) is 12.1. The Kier molecular flexibility index (Phi) is 4.15. The average molecular weight is 233 g/mol. The van der Waals surface area contributed by atoms with Gasteiger partial charge in [0.05, 0.1) is 5.92 Å². The molecule has 1 aromatic carbocycles. The Morgan fingerprint density at radius 3 is 2.41 bits per heavy atom. The Morgan fingerprint density at radius 2 is 1.82 bits per heavy atom. The van der Waals surface area contributed by atoms with Crippen LogP contribution in [-0.2, 0) is 4.79 Å². The first-order valence-electron chi connectivity index (χ1n) is 6.26. The highest BCUT2D eigenvalue weighted by atomic mass is 16.5. The molecule has 3 heteroatoms. The molecule has 92 valence electrons. The lowest BCUT2D eigenvalue weighted by Gasteiger charge is -2.26. The highest BCUT2D eigenvalue weighted by Crippen LogP contribution is 2.29. The summed E-state index contributed by atoms with van der Waals surface area (Å²) in [5.41, 5.74) is 5.63. The smallest absolute Gasteiger partial charge is 0.314 e. The van der Waals surface area contributed by atoms with Crippen LogP contribution in [-0.4, -0.2) is 12.5 Å². The highest BCUT2D eigenvalue weighted by molar-refractivity contribution is 5.75. The lowest BCUT2D eigenvalue weighted by atomic mass is 9.82. The maximum absolute atomic E-state index is 11.9. The highest BCUT2D eigenvalue weighted by Gasteiger charge is 2.26. The van der Waals surface area contributed by atoms with Gasteiger partial charge in [-0.3, -0.25) is 4.79 Å². The first-order valence-corrected chi connectivity index (χ1v) is 6.26. The third-order valence-corrected chi connectivity index (χ3v) is 3.48. The van der Waals surface area contributed by atoms with Crippen LogP contribution in [0.15, 0.2) is 30.3 Å². The van der Waals surface area contributed by atoms with Crippen molar-refractivity contribution in [2.45, 2.75) is 25.7 Å². The van der Waals surface area contributed by atoms with Crippen LogP contribution < -0.4 is 10.5 Å². The minimum Gasteiger partial charge on any atom is -0.426 e. The molecule has 1 aromatic rings. The lowest BCUT2D eigenvalue weighted by Crippen LogP contribution is -2.28. The number of esters is 1. The lowest BCUT2D eigenvalue weighted by molar-refractivity contribution is -0.140. The van der Waals surface area contributed by atoms with Crippen LogP contribution in [0.2, 0.25) is 0 Å². The van der Waals surface area contributed by atoms with Crippen LogP contribution in [0, 0.1) is 11.8 Å². The first kappa shape index (κ1) is 12.1. The van der Waals surface area contributed by atoms with Gasteiger partial charge in [-0.15, -0.1) is 0 Å². The van der Waals surface area contributed by atoms with E-state index in [9.17, 15) is 4.79 Å². The third kappa shape index (κ3) is 3.30. The molecular formula is C14H19NO2. The molecule has 0 heterocycles. The van der Waals surface area contributed by atoms with E-state index in [1.54, 1.807) is 0 Å². The van der Waals surface area contributed by atoms with E-state index in [-0.39, 0.29) is 11.9 Å². The van der Waals surface area contributed by atoms with Crippen molar-refractivity contribution in [3.8, 4) is 5.75 Å². The summed E-state index contributed by atoms with van der Waals surface area (Å²) < 4.78 is 5.35. The molecule has 0 bridgehead atoms. The number of hydrogen-bond acceptors (Lipinski definition) is 3. The number of hydrogen-bond donors (Lipinski definition) is 1. The second kappa shape index (κ2) is 5.82. The normalized spacial score (nSPS) is 24.3. The van der Waals surface area contributed by atoms with Crippen molar-refractivity contribution in [2.75, 3.05) is 6.54 Å². The molecule has 1 saturated carbocycles.